The van der Waals surface area contributed by atoms with Crippen molar-refractivity contribution in [1.29, 1.82) is 0 Å². The molecule has 2 N–H and O–H groups in total. The number of amides is 3. The Morgan fingerprint density at radius 2 is 2.18 bits per heavy atom. The first-order chi connectivity index (χ1) is 4.99. The predicted molar refractivity (Wildman–Crippen MR) is 48.6 cm³/mol. The topological polar surface area (TPSA) is 58.2 Å². The molecule has 3 amide bonds. The molecule has 0 aromatic heterocycles. The van der Waals surface area contributed by atoms with Gasteiger partial charge in [0.1, 0.15) is 0 Å². The predicted octanol–water partition coefficient (Wildman–Crippen LogP) is 0.410. The summed E-state index contributed by atoms with van der Waals surface area (Å²) in [5.41, 5.74) is 0. The summed E-state index contributed by atoms with van der Waals surface area (Å²) in [6.07, 6.45) is 0.381. The smallest absolute Gasteiger partial charge is 0.321 e. The minimum atomic E-state index is -0.393. The third-order valence-corrected chi connectivity index (χ3v) is 2.16. The van der Waals surface area contributed by atoms with Gasteiger partial charge in [0, 0.05) is 16.4 Å². The number of carbonyl (C=O) groups excluding carboxylic acids is 2. The highest BCUT2D eigenvalue weighted by atomic mass is 127. The Bertz CT molecular complexity index is 203. The lowest BCUT2D eigenvalue weighted by molar-refractivity contribution is -0.120. The van der Waals surface area contributed by atoms with Crippen molar-refractivity contribution in [2.45, 2.75) is 16.8 Å². The summed E-state index contributed by atoms with van der Waals surface area (Å²) in [7, 11) is 0. The van der Waals surface area contributed by atoms with E-state index in [9.17, 15) is 9.59 Å². The Labute approximate surface area is 78.2 Å². The van der Waals surface area contributed by atoms with Crippen molar-refractivity contribution in [2.24, 2.45) is 0 Å². The van der Waals surface area contributed by atoms with E-state index in [1.165, 1.54) is 0 Å². The molecule has 1 aliphatic heterocycles. The third kappa shape index (κ3) is 2.64. The van der Waals surface area contributed by atoms with Crippen LogP contribution in [0.3, 0.4) is 0 Å². The second-order valence-electron chi connectivity index (χ2n) is 2.82. The van der Waals surface area contributed by atoms with Gasteiger partial charge in [-0.2, -0.15) is 0 Å². The van der Waals surface area contributed by atoms with E-state index >= 15 is 0 Å². The standard InChI is InChI=1S/C6H9IN2O2/c1-6(7)2-4(10)9-5(11)8-3-6/h2-3H2,1H3,(H2,8,9,10,11). The number of nitrogens with one attached hydrogen (secondary N) is 2. The van der Waals surface area contributed by atoms with Crippen LogP contribution in [0, 0.1) is 0 Å². The number of hydrogen-bond acceptors (Lipinski definition) is 2. The zero-order chi connectivity index (χ0) is 8.48. The van der Waals surface area contributed by atoms with Crippen LogP contribution < -0.4 is 10.6 Å². The van der Waals surface area contributed by atoms with Gasteiger partial charge in [-0.1, -0.05) is 22.6 Å². The van der Waals surface area contributed by atoms with E-state index in [2.05, 4.69) is 33.2 Å². The van der Waals surface area contributed by atoms with E-state index in [4.69, 9.17) is 0 Å². The minimum absolute atomic E-state index is 0.159. The molecule has 1 fully saturated rings. The second kappa shape index (κ2) is 2.96. The van der Waals surface area contributed by atoms with Gasteiger partial charge in [0.15, 0.2) is 0 Å². The van der Waals surface area contributed by atoms with Gasteiger partial charge in [-0.15, -0.1) is 0 Å². The summed E-state index contributed by atoms with van der Waals surface area (Å²) >= 11 is 2.17. The maximum atomic E-state index is 10.9. The normalized spacial score (nSPS) is 32.2. The van der Waals surface area contributed by atoms with Crippen molar-refractivity contribution in [2.75, 3.05) is 6.54 Å². The number of hydrogen-bond donors (Lipinski definition) is 2. The highest BCUT2D eigenvalue weighted by Gasteiger charge is 2.28. The second-order valence-corrected chi connectivity index (χ2v) is 5.43. The molecule has 0 radical (unpaired) electrons. The molecule has 0 aromatic carbocycles. The Hall–Kier alpha value is -0.330. The van der Waals surface area contributed by atoms with E-state index in [0.717, 1.165) is 0 Å². The molecule has 0 aliphatic carbocycles. The molecule has 1 saturated heterocycles. The molecular formula is C6H9IN2O2. The summed E-state index contributed by atoms with van der Waals surface area (Å²) in [5.74, 6) is -0.211. The maximum absolute atomic E-state index is 10.9. The van der Waals surface area contributed by atoms with E-state index < -0.39 is 6.03 Å². The van der Waals surface area contributed by atoms with Crippen LogP contribution in [0.2, 0.25) is 0 Å². The van der Waals surface area contributed by atoms with Gasteiger partial charge in [0.25, 0.3) is 0 Å². The van der Waals surface area contributed by atoms with Gasteiger partial charge < -0.3 is 5.32 Å². The summed E-state index contributed by atoms with van der Waals surface area (Å²) in [6, 6.07) is -0.393. The number of urea groups is 1. The van der Waals surface area contributed by atoms with Crippen molar-refractivity contribution in [3.63, 3.8) is 0 Å². The zero-order valence-corrected chi connectivity index (χ0v) is 8.27. The number of rotatable bonds is 0. The van der Waals surface area contributed by atoms with Gasteiger partial charge in [0.05, 0.1) is 0 Å². The lowest BCUT2D eigenvalue weighted by atomic mass is 10.1. The molecule has 1 atom stereocenters. The number of imide groups is 1. The lowest BCUT2D eigenvalue weighted by Crippen LogP contribution is -2.37. The molecule has 1 aliphatic rings. The molecule has 62 valence electrons. The average Bonchev–Trinajstić information content (AvgIpc) is 1.90. The first-order valence-corrected chi connectivity index (χ1v) is 4.34. The third-order valence-electron chi connectivity index (χ3n) is 1.40. The van der Waals surface area contributed by atoms with Crippen molar-refractivity contribution in [3.05, 3.63) is 0 Å². The van der Waals surface area contributed by atoms with Crippen LogP contribution >= 0.6 is 22.6 Å². The van der Waals surface area contributed by atoms with E-state index in [1.54, 1.807) is 0 Å². The Morgan fingerprint density at radius 1 is 1.55 bits per heavy atom. The molecule has 5 heteroatoms. The van der Waals surface area contributed by atoms with E-state index in [0.29, 0.717) is 13.0 Å². The van der Waals surface area contributed by atoms with Crippen molar-refractivity contribution >= 4 is 34.5 Å². The number of carbonyl (C=O) groups is 2. The Morgan fingerprint density at radius 3 is 2.82 bits per heavy atom. The quantitative estimate of drug-likeness (QED) is 0.494. The molecule has 11 heavy (non-hydrogen) atoms. The van der Waals surface area contributed by atoms with E-state index in [-0.39, 0.29) is 9.33 Å². The molecule has 0 spiro atoms. The minimum Gasteiger partial charge on any atom is -0.336 e. The molecule has 0 bridgehead atoms. The number of halogens is 1. The molecule has 1 rings (SSSR count). The van der Waals surface area contributed by atoms with Crippen LogP contribution in [-0.2, 0) is 4.79 Å². The van der Waals surface area contributed by atoms with Gasteiger partial charge in [-0.05, 0) is 6.92 Å². The fourth-order valence-corrected chi connectivity index (χ4v) is 1.41. The van der Waals surface area contributed by atoms with Crippen LogP contribution in [0.25, 0.3) is 0 Å². The number of alkyl halides is 1. The monoisotopic (exact) mass is 268 g/mol. The zero-order valence-electron chi connectivity index (χ0n) is 6.11. The van der Waals surface area contributed by atoms with Crippen LogP contribution in [-0.4, -0.2) is 21.9 Å². The molecule has 4 nitrogen and oxygen atoms in total. The Balaban J connectivity index is 2.68. The lowest BCUT2D eigenvalue weighted by Gasteiger charge is -2.16. The largest absolute Gasteiger partial charge is 0.336 e. The molecular weight excluding hydrogens is 259 g/mol. The van der Waals surface area contributed by atoms with Crippen LogP contribution in [0.15, 0.2) is 0 Å². The molecule has 0 saturated carbocycles. The van der Waals surface area contributed by atoms with Crippen molar-refractivity contribution < 1.29 is 9.59 Å². The summed E-state index contributed by atoms with van der Waals surface area (Å²) in [4.78, 5) is 21.7. The molecule has 0 aromatic rings. The summed E-state index contributed by atoms with van der Waals surface area (Å²) < 4.78 is -0.159. The maximum Gasteiger partial charge on any atom is 0.321 e. The van der Waals surface area contributed by atoms with Crippen LogP contribution in [0.1, 0.15) is 13.3 Å². The van der Waals surface area contributed by atoms with Gasteiger partial charge in [-0.25, -0.2) is 4.79 Å². The fourth-order valence-electron chi connectivity index (χ4n) is 0.877. The molecule has 1 heterocycles. The summed E-state index contributed by atoms with van der Waals surface area (Å²) in [5, 5.41) is 4.79. The van der Waals surface area contributed by atoms with Gasteiger partial charge >= 0.3 is 6.03 Å². The van der Waals surface area contributed by atoms with Crippen molar-refractivity contribution in [1.82, 2.24) is 10.6 Å². The van der Waals surface area contributed by atoms with Gasteiger partial charge in [0.2, 0.25) is 5.91 Å². The fraction of sp³-hybridized carbons (Fsp3) is 0.667. The first-order valence-electron chi connectivity index (χ1n) is 3.26. The molecule has 1 unspecified atom stereocenters. The van der Waals surface area contributed by atoms with Crippen LogP contribution in [0.4, 0.5) is 4.79 Å². The van der Waals surface area contributed by atoms with Crippen molar-refractivity contribution in [3.8, 4) is 0 Å². The highest BCUT2D eigenvalue weighted by molar-refractivity contribution is 14.1. The Kier molecular flexibility index (Phi) is 2.36. The first kappa shape index (κ1) is 8.76. The van der Waals surface area contributed by atoms with Gasteiger partial charge in [-0.3, -0.25) is 10.1 Å². The SMILES string of the molecule is CC1(I)CNC(=O)NC(=O)C1. The van der Waals surface area contributed by atoms with Crippen LogP contribution in [0.5, 0.6) is 0 Å². The average molecular weight is 268 g/mol. The summed E-state index contributed by atoms with van der Waals surface area (Å²) in [6.45, 7) is 2.46. The van der Waals surface area contributed by atoms with E-state index in [1.807, 2.05) is 6.92 Å². The highest BCUT2D eigenvalue weighted by Crippen LogP contribution is 2.22.